The highest BCUT2D eigenvalue weighted by atomic mass is 16.2. The number of para-hydroxylation sites is 1. The lowest BCUT2D eigenvalue weighted by atomic mass is 9.98. The molecule has 16 heavy (non-hydrogen) atoms. The molecule has 0 saturated carbocycles. The lowest BCUT2D eigenvalue weighted by molar-refractivity contribution is -0.122. The fourth-order valence-electron chi connectivity index (χ4n) is 2.01. The Kier molecular flexibility index (Phi) is 3.44. The van der Waals surface area contributed by atoms with Crippen molar-refractivity contribution in [2.75, 3.05) is 11.9 Å². The monoisotopic (exact) mass is 218 g/mol. The molecule has 1 amide bonds. The summed E-state index contributed by atoms with van der Waals surface area (Å²) in [6.07, 6.45) is 2.84. The fourth-order valence-corrected chi connectivity index (χ4v) is 2.01. The molecule has 1 heterocycles. The van der Waals surface area contributed by atoms with Crippen molar-refractivity contribution < 1.29 is 4.79 Å². The average molecular weight is 218 g/mol. The molecule has 0 aromatic heterocycles. The van der Waals surface area contributed by atoms with Gasteiger partial charge in [-0.05, 0) is 30.9 Å². The number of fused-ring (bicyclic) bond motifs is 1. The van der Waals surface area contributed by atoms with Gasteiger partial charge in [0.1, 0.15) is 6.04 Å². The van der Waals surface area contributed by atoms with Crippen LogP contribution in [0.25, 0.3) is 0 Å². The van der Waals surface area contributed by atoms with E-state index >= 15 is 0 Å². The summed E-state index contributed by atoms with van der Waals surface area (Å²) in [6, 6.07) is 8.12. The van der Waals surface area contributed by atoms with Crippen LogP contribution in [0.2, 0.25) is 0 Å². The minimum Gasteiger partial charge on any atom is -0.373 e. The second-order valence-corrected chi connectivity index (χ2v) is 4.18. The number of carbonyl (C=O) groups excluding carboxylic acids is 1. The normalized spacial score (nSPS) is 18.4. The minimum absolute atomic E-state index is 0.0681. The van der Waals surface area contributed by atoms with E-state index in [1.165, 1.54) is 5.56 Å². The van der Waals surface area contributed by atoms with Gasteiger partial charge in [0.2, 0.25) is 5.91 Å². The third-order valence-corrected chi connectivity index (χ3v) is 2.92. The van der Waals surface area contributed by atoms with Gasteiger partial charge in [0.15, 0.2) is 0 Å². The molecule has 3 heteroatoms. The van der Waals surface area contributed by atoms with Crippen molar-refractivity contribution in [1.29, 1.82) is 0 Å². The summed E-state index contributed by atoms with van der Waals surface area (Å²) in [7, 11) is 0. The molecule has 1 aliphatic heterocycles. The van der Waals surface area contributed by atoms with Crippen LogP contribution in [0, 0.1) is 0 Å². The molecule has 0 spiro atoms. The van der Waals surface area contributed by atoms with Gasteiger partial charge in [-0.3, -0.25) is 4.79 Å². The zero-order valence-electron chi connectivity index (χ0n) is 9.62. The van der Waals surface area contributed by atoms with Crippen molar-refractivity contribution in [3.05, 3.63) is 29.8 Å². The predicted octanol–water partition coefficient (Wildman–Crippen LogP) is 1.94. The molecule has 0 radical (unpaired) electrons. The molecule has 2 N–H and O–H groups in total. The van der Waals surface area contributed by atoms with Crippen molar-refractivity contribution in [3.63, 3.8) is 0 Å². The van der Waals surface area contributed by atoms with E-state index in [1.807, 2.05) is 18.2 Å². The molecule has 0 saturated heterocycles. The molecule has 2 rings (SSSR count). The summed E-state index contributed by atoms with van der Waals surface area (Å²) in [6.45, 7) is 2.82. The standard InChI is InChI=1S/C13H18N2O/c1-2-9-14-13(16)12-8-7-10-5-3-4-6-11(10)15-12/h3-6,12,15H,2,7-9H2,1H3,(H,14,16). The predicted molar refractivity (Wildman–Crippen MR) is 65.5 cm³/mol. The number of amides is 1. The van der Waals surface area contributed by atoms with E-state index in [4.69, 9.17) is 0 Å². The molecule has 1 atom stereocenters. The van der Waals surface area contributed by atoms with E-state index in [2.05, 4.69) is 23.6 Å². The number of hydrogen-bond acceptors (Lipinski definition) is 2. The van der Waals surface area contributed by atoms with Crippen LogP contribution >= 0.6 is 0 Å². The Balaban J connectivity index is 1.99. The number of nitrogens with one attached hydrogen (secondary N) is 2. The highest BCUT2D eigenvalue weighted by Gasteiger charge is 2.22. The van der Waals surface area contributed by atoms with E-state index in [0.29, 0.717) is 0 Å². The maximum absolute atomic E-state index is 11.8. The zero-order valence-corrected chi connectivity index (χ0v) is 9.62. The Morgan fingerprint density at radius 2 is 2.31 bits per heavy atom. The van der Waals surface area contributed by atoms with E-state index in [9.17, 15) is 4.79 Å². The zero-order chi connectivity index (χ0) is 11.4. The third kappa shape index (κ3) is 2.35. The van der Waals surface area contributed by atoms with Crippen LogP contribution in [0.3, 0.4) is 0 Å². The summed E-state index contributed by atoms with van der Waals surface area (Å²) in [5, 5.41) is 6.22. The molecule has 0 bridgehead atoms. The first-order valence-corrected chi connectivity index (χ1v) is 5.93. The van der Waals surface area contributed by atoms with Gasteiger partial charge in [0.25, 0.3) is 0 Å². The van der Waals surface area contributed by atoms with Gasteiger partial charge in [-0.1, -0.05) is 25.1 Å². The Morgan fingerprint density at radius 1 is 1.50 bits per heavy atom. The topological polar surface area (TPSA) is 41.1 Å². The number of rotatable bonds is 3. The first-order chi connectivity index (χ1) is 7.81. The number of benzene rings is 1. The lowest BCUT2D eigenvalue weighted by Crippen LogP contribution is -2.42. The SMILES string of the molecule is CCCNC(=O)C1CCc2ccccc2N1. The van der Waals surface area contributed by atoms with E-state index in [1.54, 1.807) is 0 Å². The summed E-state index contributed by atoms with van der Waals surface area (Å²) in [5.41, 5.74) is 2.41. The van der Waals surface area contributed by atoms with Crippen molar-refractivity contribution in [2.24, 2.45) is 0 Å². The van der Waals surface area contributed by atoms with Crippen LogP contribution < -0.4 is 10.6 Å². The first kappa shape index (κ1) is 11.0. The van der Waals surface area contributed by atoms with E-state index < -0.39 is 0 Å². The van der Waals surface area contributed by atoms with Crippen LogP contribution in [-0.4, -0.2) is 18.5 Å². The van der Waals surface area contributed by atoms with Crippen molar-refractivity contribution >= 4 is 11.6 Å². The molecule has 1 aliphatic rings. The lowest BCUT2D eigenvalue weighted by Gasteiger charge is -2.26. The number of hydrogen-bond donors (Lipinski definition) is 2. The number of anilines is 1. The molecular weight excluding hydrogens is 200 g/mol. The highest BCUT2D eigenvalue weighted by molar-refractivity contribution is 5.85. The van der Waals surface area contributed by atoms with Gasteiger partial charge >= 0.3 is 0 Å². The van der Waals surface area contributed by atoms with E-state index in [0.717, 1.165) is 31.5 Å². The smallest absolute Gasteiger partial charge is 0.242 e. The van der Waals surface area contributed by atoms with Crippen LogP contribution in [0.4, 0.5) is 5.69 Å². The first-order valence-electron chi connectivity index (χ1n) is 5.93. The second kappa shape index (κ2) is 5.01. The third-order valence-electron chi connectivity index (χ3n) is 2.92. The maximum atomic E-state index is 11.8. The van der Waals surface area contributed by atoms with Gasteiger partial charge in [0, 0.05) is 12.2 Å². The summed E-state index contributed by atoms with van der Waals surface area (Å²) >= 11 is 0. The molecule has 0 fully saturated rings. The van der Waals surface area contributed by atoms with Crippen LogP contribution in [-0.2, 0) is 11.2 Å². The number of carbonyl (C=O) groups is 1. The molecule has 1 aromatic carbocycles. The Labute approximate surface area is 96.2 Å². The van der Waals surface area contributed by atoms with Crippen LogP contribution in [0.1, 0.15) is 25.3 Å². The molecule has 86 valence electrons. The molecular formula is C13H18N2O. The van der Waals surface area contributed by atoms with E-state index in [-0.39, 0.29) is 11.9 Å². The van der Waals surface area contributed by atoms with Crippen LogP contribution in [0.15, 0.2) is 24.3 Å². The molecule has 1 aromatic rings. The molecule has 3 nitrogen and oxygen atoms in total. The maximum Gasteiger partial charge on any atom is 0.242 e. The summed E-state index contributed by atoms with van der Waals surface area (Å²) in [5.74, 6) is 0.122. The molecule has 0 aliphatic carbocycles. The highest BCUT2D eigenvalue weighted by Crippen LogP contribution is 2.24. The van der Waals surface area contributed by atoms with Crippen molar-refractivity contribution in [3.8, 4) is 0 Å². The largest absolute Gasteiger partial charge is 0.373 e. The average Bonchev–Trinajstić information content (AvgIpc) is 2.35. The van der Waals surface area contributed by atoms with Crippen molar-refractivity contribution in [2.45, 2.75) is 32.2 Å². The Hall–Kier alpha value is -1.51. The second-order valence-electron chi connectivity index (χ2n) is 4.18. The Bertz CT molecular complexity index is 376. The van der Waals surface area contributed by atoms with Crippen LogP contribution in [0.5, 0.6) is 0 Å². The van der Waals surface area contributed by atoms with Gasteiger partial charge in [0.05, 0.1) is 0 Å². The number of aryl methyl sites for hydroxylation is 1. The summed E-state index contributed by atoms with van der Waals surface area (Å²) in [4.78, 5) is 11.8. The summed E-state index contributed by atoms with van der Waals surface area (Å²) < 4.78 is 0. The Morgan fingerprint density at radius 3 is 3.12 bits per heavy atom. The van der Waals surface area contributed by atoms with Crippen molar-refractivity contribution in [1.82, 2.24) is 5.32 Å². The molecule has 1 unspecified atom stereocenters. The fraction of sp³-hybridized carbons (Fsp3) is 0.462. The van der Waals surface area contributed by atoms with Gasteiger partial charge < -0.3 is 10.6 Å². The van der Waals surface area contributed by atoms with Gasteiger partial charge in [-0.25, -0.2) is 0 Å². The van der Waals surface area contributed by atoms with Gasteiger partial charge in [-0.15, -0.1) is 0 Å². The quantitative estimate of drug-likeness (QED) is 0.814. The van der Waals surface area contributed by atoms with Gasteiger partial charge in [-0.2, -0.15) is 0 Å². The minimum atomic E-state index is -0.0681.